The average molecular weight is 310 g/mol. The van der Waals surface area contributed by atoms with Crippen LogP contribution in [-0.4, -0.2) is 34.6 Å². The number of urea groups is 1. The fourth-order valence-corrected chi connectivity index (χ4v) is 3.67. The fourth-order valence-electron chi connectivity index (χ4n) is 2.71. The Morgan fingerprint density at radius 2 is 2.24 bits per heavy atom. The number of carboxylic acid groups (broad SMARTS) is 1. The molecule has 21 heavy (non-hydrogen) atoms. The number of nitrogens with one attached hydrogen (secondary N) is 1. The van der Waals surface area contributed by atoms with Crippen LogP contribution in [-0.2, 0) is 11.2 Å². The molecule has 1 aromatic rings. The number of hydrogen-bond donors (Lipinski definition) is 2. The molecular weight excluding hydrogens is 288 g/mol. The molecule has 0 fully saturated rings. The molecule has 1 aromatic heterocycles. The first-order valence-electron chi connectivity index (χ1n) is 7.26. The van der Waals surface area contributed by atoms with Crippen molar-refractivity contribution in [3.8, 4) is 0 Å². The Morgan fingerprint density at radius 1 is 1.52 bits per heavy atom. The van der Waals surface area contributed by atoms with Crippen LogP contribution < -0.4 is 5.32 Å². The third-order valence-electron chi connectivity index (χ3n) is 3.84. The molecule has 0 saturated carbocycles. The predicted molar refractivity (Wildman–Crippen MR) is 82.6 cm³/mol. The first-order valence-corrected chi connectivity index (χ1v) is 8.14. The second-order valence-electron chi connectivity index (χ2n) is 5.89. The minimum Gasteiger partial charge on any atom is -0.480 e. The fraction of sp³-hybridized carbons (Fsp3) is 0.600. The van der Waals surface area contributed by atoms with Crippen molar-refractivity contribution in [2.45, 2.75) is 45.7 Å². The summed E-state index contributed by atoms with van der Waals surface area (Å²) in [5.74, 6) is -0.758. The van der Waals surface area contributed by atoms with Crippen LogP contribution in [0, 0.1) is 5.92 Å². The lowest BCUT2D eigenvalue weighted by Gasteiger charge is -2.34. The van der Waals surface area contributed by atoms with Gasteiger partial charge in [-0.3, -0.25) is 0 Å². The number of fused-ring (bicyclic) bond motifs is 1. The number of nitrogens with zero attached hydrogens (tertiary/aromatic N) is 1. The zero-order valence-corrected chi connectivity index (χ0v) is 13.4. The van der Waals surface area contributed by atoms with Gasteiger partial charge >= 0.3 is 12.0 Å². The predicted octanol–water partition coefficient (Wildman–Crippen LogP) is 2.88. The van der Waals surface area contributed by atoms with Gasteiger partial charge in [0, 0.05) is 11.4 Å². The van der Waals surface area contributed by atoms with E-state index in [-0.39, 0.29) is 18.0 Å². The molecule has 0 saturated heterocycles. The molecule has 5 nitrogen and oxygen atoms in total. The summed E-state index contributed by atoms with van der Waals surface area (Å²) in [6.45, 7) is 6.52. The zero-order valence-electron chi connectivity index (χ0n) is 12.6. The Bertz CT molecular complexity index is 527. The summed E-state index contributed by atoms with van der Waals surface area (Å²) in [4.78, 5) is 26.7. The SMILES string of the molecule is CC(C)C[C@H](NC(=O)N1CCc2sccc2C1C)C(=O)O. The quantitative estimate of drug-likeness (QED) is 0.898. The van der Waals surface area contributed by atoms with E-state index in [1.807, 2.05) is 32.2 Å². The topological polar surface area (TPSA) is 69.6 Å². The summed E-state index contributed by atoms with van der Waals surface area (Å²) in [5, 5.41) is 13.9. The van der Waals surface area contributed by atoms with Gasteiger partial charge < -0.3 is 15.3 Å². The van der Waals surface area contributed by atoms with Gasteiger partial charge in [-0.05, 0) is 42.7 Å². The normalized spacial score (nSPS) is 19.2. The van der Waals surface area contributed by atoms with E-state index in [9.17, 15) is 14.7 Å². The van der Waals surface area contributed by atoms with Crippen LogP contribution in [0.2, 0.25) is 0 Å². The van der Waals surface area contributed by atoms with Crippen LogP contribution in [0.25, 0.3) is 0 Å². The number of carboxylic acids is 1. The molecule has 0 radical (unpaired) electrons. The highest BCUT2D eigenvalue weighted by atomic mass is 32.1. The van der Waals surface area contributed by atoms with Gasteiger partial charge in [0.25, 0.3) is 0 Å². The molecule has 2 amide bonds. The van der Waals surface area contributed by atoms with Crippen molar-refractivity contribution >= 4 is 23.3 Å². The third kappa shape index (κ3) is 3.56. The molecule has 116 valence electrons. The summed E-state index contributed by atoms with van der Waals surface area (Å²) in [7, 11) is 0. The van der Waals surface area contributed by atoms with Crippen molar-refractivity contribution in [1.82, 2.24) is 10.2 Å². The first kappa shape index (κ1) is 15.8. The van der Waals surface area contributed by atoms with E-state index in [2.05, 4.69) is 5.32 Å². The van der Waals surface area contributed by atoms with Gasteiger partial charge in [0.1, 0.15) is 6.04 Å². The average Bonchev–Trinajstić information content (AvgIpc) is 2.86. The van der Waals surface area contributed by atoms with Crippen LogP contribution in [0.4, 0.5) is 4.79 Å². The lowest BCUT2D eigenvalue weighted by Crippen LogP contribution is -2.50. The Labute approximate surface area is 129 Å². The summed E-state index contributed by atoms with van der Waals surface area (Å²) < 4.78 is 0. The lowest BCUT2D eigenvalue weighted by molar-refractivity contribution is -0.139. The van der Waals surface area contributed by atoms with Crippen LogP contribution in [0.5, 0.6) is 0 Å². The van der Waals surface area contributed by atoms with Crippen LogP contribution >= 0.6 is 11.3 Å². The van der Waals surface area contributed by atoms with Crippen LogP contribution in [0.3, 0.4) is 0 Å². The number of amides is 2. The standard InChI is InChI=1S/C15H22N2O3S/c1-9(2)8-12(14(18)19)16-15(20)17-6-4-13-11(10(17)3)5-7-21-13/h5,7,9-10,12H,4,6,8H2,1-3H3,(H,16,20)(H,18,19)/t10?,12-/m0/s1. The molecule has 2 rings (SSSR count). The summed E-state index contributed by atoms with van der Waals surface area (Å²) in [5.41, 5.74) is 1.18. The highest BCUT2D eigenvalue weighted by Gasteiger charge is 2.30. The molecule has 2 atom stereocenters. The molecule has 0 bridgehead atoms. The molecule has 0 aromatic carbocycles. The van der Waals surface area contributed by atoms with E-state index < -0.39 is 12.0 Å². The number of carbonyl (C=O) groups is 2. The summed E-state index contributed by atoms with van der Waals surface area (Å²) >= 11 is 1.72. The van der Waals surface area contributed by atoms with Gasteiger partial charge in [-0.2, -0.15) is 0 Å². The third-order valence-corrected chi connectivity index (χ3v) is 4.84. The number of carbonyl (C=O) groups excluding carboxylic acids is 1. The van der Waals surface area contributed by atoms with Gasteiger partial charge in [0.15, 0.2) is 0 Å². The van der Waals surface area contributed by atoms with E-state index in [0.29, 0.717) is 13.0 Å². The number of rotatable bonds is 4. The van der Waals surface area contributed by atoms with E-state index in [1.54, 1.807) is 16.2 Å². The van der Waals surface area contributed by atoms with Gasteiger partial charge in [0.2, 0.25) is 0 Å². The number of hydrogen-bond acceptors (Lipinski definition) is 3. The van der Waals surface area contributed by atoms with Gasteiger partial charge in [-0.25, -0.2) is 9.59 Å². The molecule has 2 heterocycles. The van der Waals surface area contributed by atoms with E-state index in [0.717, 1.165) is 6.42 Å². The molecular formula is C15H22N2O3S. The van der Waals surface area contributed by atoms with E-state index in [4.69, 9.17) is 0 Å². The molecule has 0 aliphatic carbocycles. The maximum atomic E-state index is 12.4. The highest BCUT2D eigenvalue weighted by Crippen LogP contribution is 2.32. The second-order valence-corrected chi connectivity index (χ2v) is 6.89. The summed E-state index contributed by atoms with van der Waals surface area (Å²) in [6.07, 6.45) is 1.28. The Hall–Kier alpha value is -1.56. The molecule has 1 unspecified atom stereocenters. The maximum Gasteiger partial charge on any atom is 0.326 e. The Balaban J connectivity index is 2.05. The van der Waals surface area contributed by atoms with E-state index in [1.165, 1.54) is 10.4 Å². The van der Waals surface area contributed by atoms with Crippen molar-refractivity contribution in [2.24, 2.45) is 5.92 Å². The van der Waals surface area contributed by atoms with Crippen molar-refractivity contribution in [2.75, 3.05) is 6.54 Å². The zero-order chi connectivity index (χ0) is 15.6. The van der Waals surface area contributed by atoms with Crippen LogP contribution in [0.1, 0.15) is 43.7 Å². The lowest BCUT2D eigenvalue weighted by atomic mass is 10.0. The van der Waals surface area contributed by atoms with Gasteiger partial charge in [0.05, 0.1) is 6.04 Å². The highest BCUT2D eigenvalue weighted by molar-refractivity contribution is 7.10. The van der Waals surface area contributed by atoms with Crippen LogP contribution in [0.15, 0.2) is 11.4 Å². The molecule has 1 aliphatic rings. The van der Waals surface area contributed by atoms with Crippen molar-refractivity contribution in [1.29, 1.82) is 0 Å². The number of thiophene rings is 1. The Kier molecular flexibility index (Phi) is 4.88. The minimum atomic E-state index is -0.974. The monoisotopic (exact) mass is 310 g/mol. The minimum absolute atomic E-state index is 0.00602. The second kappa shape index (κ2) is 6.47. The maximum absolute atomic E-state index is 12.4. The van der Waals surface area contributed by atoms with Gasteiger partial charge in [-0.15, -0.1) is 11.3 Å². The van der Waals surface area contributed by atoms with E-state index >= 15 is 0 Å². The Morgan fingerprint density at radius 3 is 2.86 bits per heavy atom. The molecule has 2 N–H and O–H groups in total. The van der Waals surface area contributed by atoms with Crippen molar-refractivity contribution in [3.05, 3.63) is 21.9 Å². The smallest absolute Gasteiger partial charge is 0.326 e. The first-order chi connectivity index (χ1) is 9.90. The summed E-state index contributed by atoms with van der Waals surface area (Å²) in [6, 6.07) is 0.932. The largest absolute Gasteiger partial charge is 0.480 e. The molecule has 1 aliphatic heterocycles. The molecule has 0 spiro atoms. The number of aliphatic carboxylic acids is 1. The van der Waals surface area contributed by atoms with Gasteiger partial charge in [-0.1, -0.05) is 13.8 Å². The van der Waals surface area contributed by atoms with Crippen molar-refractivity contribution in [3.63, 3.8) is 0 Å². The van der Waals surface area contributed by atoms with Crippen molar-refractivity contribution < 1.29 is 14.7 Å². The molecule has 6 heteroatoms.